The molecule has 0 spiro atoms. The van der Waals surface area contributed by atoms with Gasteiger partial charge in [0.25, 0.3) is 0 Å². The van der Waals surface area contributed by atoms with Gasteiger partial charge in [0.15, 0.2) is 0 Å². The molecule has 1 aliphatic rings. The van der Waals surface area contributed by atoms with Crippen LogP contribution in [-0.2, 0) is 0 Å². The zero-order chi connectivity index (χ0) is 15.8. The fraction of sp³-hybridized carbons (Fsp3) is 1.00. The minimum absolute atomic E-state index is 0.107. The fourth-order valence-corrected chi connectivity index (χ4v) is 9.26. The lowest BCUT2D eigenvalue weighted by Crippen LogP contribution is -2.33. The first-order valence-corrected chi connectivity index (χ1v) is 13.3. The van der Waals surface area contributed by atoms with Crippen molar-refractivity contribution in [2.24, 2.45) is 0 Å². The third-order valence-electron chi connectivity index (χ3n) is 3.90. The highest BCUT2D eigenvalue weighted by Gasteiger charge is 2.38. The summed E-state index contributed by atoms with van der Waals surface area (Å²) in [5, 5.41) is 10.7. The number of hydrogen-bond donors (Lipinski definition) is 1. The molecule has 1 heterocycles. The van der Waals surface area contributed by atoms with Gasteiger partial charge in [-0.05, 0) is 49.5 Å². The van der Waals surface area contributed by atoms with Gasteiger partial charge in [0, 0.05) is 6.42 Å². The van der Waals surface area contributed by atoms with Crippen molar-refractivity contribution in [1.82, 2.24) is 0 Å². The first kappa shape index (κ1) is 20.8. The molecule has 1 saturated heterocycles. The van der Waals surface area contributed by atoms with Gasteiger partial charge in [0.05, 0.1) is 10.2 Å². The summed E-state index contributed by atoms with van der Waals surface area (Å²) >= 11 is 9.85. The highest BCUT2D eigenvalue weighted by molar-refractivity contribution is 8.33. The van der Waals surface area contributed by atoms with Crippen molar-refractivity contribution in [2.45, 2.75) is 59.0 Å². The molecule has 1 rings (SSSR count). The van der Waals surface area contributed by atoms with Gasteiger partial charge in [-0.15, -0.1) is 58.8 Å². The summed E-state index contributed by atoms with van der Waals surface area (Å²) in [6, 6.07) is 0. The van der Waals surface area contributed by atoms with Crippen LogP contribution >= 0.6 is 58.8 Å². The largest absolute Gasteiger partial charge is 0.393 e. The molecule has 0 saturated carbocycles. The molecule has 1 unspecified atom stereocenters. The van der Waals surface area contributed by atoms with E-state index in [1.807, 2.05) is 35.3 Å². The van der Waals surface area contributed by atoms with E-state index in [2.05, 4.69) is 49.2 Å². The molecule has 1 aliphatic heterocycles. The zero-order valence-electron chi connectivity index (χ0n) is 13.7. The summed E-state index contributed by atoms with van der Waals surface area (Å²) in [5.41, 5.74) is 0. The second kappa shape index (κ2) is 10.5. The van der Waals surface area contributed by atoms with Crippen molar-refractivity contribution in [3.63, 3.8) is 0 Å². The lowest BCUT2D eigenvalue weighted by Gasteiger charge is -2.39. The summed E-state index contributed by atoms with van der Waals surface area (Å²) in [6.07, 6.45) is 13.2. The van der Waals surface area contributed by atoms with E-state index >= 15 is 0 Å². The first-order chi connectivity index (χ1) is 10.1. The van der Waals surface area contributed by atoms with Crippen molar-refractivity contribution >= 4 is 58.8 Å². The SMILES string of the molecule is CCCCC1(CC(O)CC(SC)(SC)SC)SCCCS1. The highest BCUT2D eigenvalue weighted by atomic mass is 32.3. The zero-order valence-corrected chi connectivity index (χ0v) is 17.8. The maximum atomic E-state index is 10.7. The van der Waals surface area contributed by atoms with Crippen LogP contribution in [0.4, 0.5) is 0 Å². The lowest BCUT2D eigenvalue weighted by atomic mass is 10.1. The van der Waals surface area contributed by atoms with Crippen molar-refractivity contribution < 1.29 is 5.11 Å². The summed E-state index contributed by atoms with van der Waals surface area (Å²) in [5.74, 6) is 2.53. The van der Waals surface area contributed by atoms with E-state index in [9.17, 15) is 5.11 Å². The molecule has 21 heavy (non-hydrogen) atoms. The Morgan fingerprint density at radius 1 is 1.14 bits per heavy atom. The molecule has 0 radical (unpaired) electrons. The molecule has 1 atom stereocenters. The molecule has 0 bridgehead atoms. The number of unbranched alkanes of at least 4 members (excludes halogenated alkanes) is 1. The van der Waals surface area contributed by atoms with Gasteiger partial charge in [0.2, 0.25) is 0 Å². The number of aliphatic hydroxyl groups excluding tert-OH is 1. The van der Waals surface area contributed by atoms with Crippen LogP contribution in [0.5, 0.6) is 0 Å². The molecule has 0 aromatic rings. The number of thioether (sulfide) groups is 5. The molecule has 6 heteroatoms. The lowest BCUT2D eigenvalue weighted by molar-refractivity contribution is 0.152. The third kappa shape index (κ3) is 6.61. The second-order valence-electron chi connectivity index (χ2n) is 5.42. The van der Waals surface area contributed by atoms with E-state index < -0.39 is 0 Å². The Kier molecular flexibility index (Phi) is 10.4. The Morgan fingerprint density at radius 2 is 1.71 bits per heavy atom. The molecule has 0 aromatic heterocycles. The minimum Gasteiger partial charge on any atom is -0.393 e. The molecule has 1 N–H and O–H groups in total. The minimum atomic E-state index is -0.188. The molecule has 1 fully saturated rings. The number of rotatable bonds is 10. The van der Waals surface area contributed by atoms with Crippen LogP contribution < -0.4 is 0 Å². The first-order valence-electron chi connectivity index (χ1n) is 7.67. The van der Waals surface area contributed by atoms with Crippen molar-refractivity contribution in [2.75, 3.05) is 30.3 Å². The van der Waals surface area contributed by atoms with E-state index in [4.69, 9.17) is 0 Å². The van der Waals surface area contributed by atoms with Crippen LogP contribution in [0.2, 0.25) is 0 Å². The van der Waals surface area contributed by atoms with Crippen molar-refractivity contribution in [3.05, 3.63) is 0 Å². The quantitative estimate of drug-likeness (QED) is 0.488. The molecule has 0 amide bonds. The molecular formula is C15H30OS5. The standard InChI is InChI=1S/C15H30OS5/c1-5-6-8-14(20-9-7-10-21-14)11-13(16)12-15(17-2,18-3)19-4/h13,16H,5-12H2,1-4H3. The van der Waals surface area contributed by atoms with Crippen LogP contribution in [0.3, 0.4) is 0 Å². The summed E-state index contributed by atoms with van der Waals surface area (Å²) in [4.78, 5) is 0. The van der Waals surface area contributed by atoms with E-state index in [1.54, 1.807) is 0 Å². The van der Waals surface area contributed by atoms with Gasteiger partial charge in [-0.25, -0.2) is 0 Å². The van der Waals surface area contributed by atoms with E-state index in [-0.39, 0.29) is 13.6 Å². The van der Waals surface area contributed by atoms with Crippen molar-refractivity contribution in [3.8, 4) is 0 Å². The van der Waals surface area contributed by atoms with Crippen LogP contribution in [-0.4, -0.2) is 49.0 Å². The third-order valence-corrected chi connectivity index (χ3v) is 12.7. The van der Waals surface area contributed by atoms with Crippen LogP contribution in [0.25, 0.3) is 0 Å². The summed E-state index contributed by atoms with van der Waals surface area (Å²) < 4.78 is 0.379. The molecule has 0 aromatic carbocycles. The maximum absolute atomic E-state index is 10.7. The smallest absolute Gasteiger partial charge is 0.108 e. The summed E-state index contributed by atoms with van der Waals surface area (Å²) in [7, 11) is 0. The average molecular weight is 387 g/mol. The Bertz CT molecular complexity index is 269. The molecule has 126 valence electrons. The van der Waals surface area contributed by atoms with E-state index in [0.29, 0.717) is 0 Å². The average Bonchev–Trinajstić information content (AvgIpc) is 2.51. The Labute approximate surface area is 152 Å². The highest BCUT2D eigenvalue weighted by Crippen LogP contribution is 2.52. The second-order valence-corrected chi connectivity index (χ2v) is 12.7. The normalized spacial score (nSPS) is 20.4. The van der Waals surface area contributed by atoms with Crippen molar-refractivity contribution in [1.29, 1.82) is 0 Å². The van der Waals surface area contributed by atoms with Gasteiger partial charge < -0.3 is 5.11 Å². The molecule has 0 aliphatic carbocycles. The molecular weight excluding hydrogens is 356 g/mol. The fourth-order valence-electron chi connectivity index (χ4n) is 2.65. The van der Waals surface area contributed by atoms with Gasteiger partial charge >= 0.3 is 0 Å². The number of aliphatic hydroxyl groups is 1. The topological polar surface area (TPSA) is 20.2 Å². The predicted octanol–water partition coefficient (Wildman–Crippen LogP) is 5.63. The van der Waals surface area contributed by atoms with E-state index in [1.165, 1.54) is 37.2 Å². The van der Waals surface area contributed by atoms with Crippen LogP contribution in [0, 0.1) is 0 Å². The Balaban J connectivity index is 2.64. The van der Waals surface area contributed by atoms with Gasteiger partial charge in [0.1, 0.15) is 3.41 Å². The predicted molar refractivity (Wildman–Crippen MR) is 110 cm³/mol. The van der Waals surface area contributed by atoms with Crippen LogP contribution in [0.15, 0.2) is 0 Å². The Morgan fingerprint density at radius 3 is 2.19 bits per heavy atom. The monoisotopic (exact) mass is 386 g/mol. The van der Waals surface area contributed by atoms with E-state index in [0.717, 1.165) is 12.8 Å². The summed E-state index contributed by atoms with van der Waals surface area (Å²) in [6.45, 7) is 2.27. The van der Waals surface area contributed by atoms with Gasteiger partial charge in [-0.1, -0.05) is 19.8 Å². The van der Waals surface area contributed by atoms with Gasteiger partial charge in [-0.2, -0.15) is 0 Å². The molecule has 1 nitrogen and oxygen atoms in total. The van der Waals surface area contributed by atoms with Crippen LogP contribution in [0.1, 0.15) is 45.4 Å². The maximum Gasteiger partial charge on any atom is 0.108 e. The van der Waals surface area contributed by atoms with Gasteiger partial charge in [-0.3, -0.25) is 0 Å². The Hall–Kier alpha value is 1.71. The number of hydrogen-bond acceptors (Lipinski definition) is 6.